The molecule has 114 valence electrons. The number of carbonyl (C=O) groups is 1. The maximum absolute atomic E-state index is 11.3. The van der Waals surface area contributed by atoms with Crippen LogP contribution in [0.5, 0.6) is 0 Å². The molecule has 0 aliphatic heterocycles. The van der Waals surface area contributed by atoms with Gasteiger partial charge in [0.1, 0.15) is 5.60 Å². The predicted molar refractivity (Wildman–Crippen MR) is 76.5 cm³/mol. The highest BCUT2D eigenvalue weighted by Crippen LogP contribution is 2.05. The van der Waals surface area contributed by atoms with Crippen LogP contribution in [0.3, 0.4) is 0 Å². The van der Waals surface area contributed by atoms with Gasteiger partial charge >= 0.3 is 6.09 Å². The normalized spacial score (nSPS) is 11.7. The number of likely N-dealkylation sites (N-methyl/N-ethyl adjacent to an activating group) is 1. The highest BCUT2D eigenvalue weighted by molar-refractivity contribution is 5.67. The highest BCUT2D eigenvalue weighted by Gasteiger charge is 2.15. The number of hydrogen-bond donors (Lipinski definition) is 2. The molecular formula is C13H29N3O3. The number of nitrogens with zero attached hydrogens (tertiary/aromatic N) is 1. The molecule has 0 radical (unpaired) electrons. The van der Waals surface area contributed by atoms with Gasteiger partial charge in [-0.1, -0.05) is 0 Å². The van der Waals surface area contributed by atoms with Crippen LogP contribution in [0.15, 0.2) is 0 Å². The van der Waals surface area contributed by atoms with Gasteiger partial charge in [0.2, 0.25) is 0 Å². The number of nitrogens with one attached hydrogen (secondary N) is 2. The molecule has 0 bridgehead atoms. The van der Waals surface area contributed by atoms with Crippen molar-refractivity contribution < 1.29 is 14.3 Å². The summed E-state index contributed by atoms with van der Waals surface area (Å²) >= 11 is 0. The van der Waals surface area contributed by atoms with Crippen LogP contribution in [0.2, 0.25) is 0 Å². The monoisotopic (exact) mass is 275 g/mol. The SMILES string of the molecule is COCCN(C)CCNCCNC(=O)OC(C)(C)C. The molecule has 0 aliphatic rings. The summed E-state index contributed by atoms with van der Waals surface area (Å²) in [6.45, 7) is 10.4. The maximum atomic E-state index is 11.3. The smallest absolute Gasteiger partial charge is 0.407 e. The van der Waals surface area contributed by atoms with Gasteiger partial charge in [-0.05, 0) is 27.8 Å². The molecule has 0 rings (SSSR count). The van der Waals surface area contributed by atoms with Crippen molar-refractivity contribution in [1.82, 2.24) is 15.5 Å². The Morgan fingerprint density at radius 3 is 2.42 bits per heavy atom. The van der Waals surface area contributed by atoms with E-state index >= 15 is 0 Å². The summed E-state index contributed by atoms with van der Waals surface area (Å²) in [4.78, 5) is 13.5. The number of carbonyl (C=O) groups excluding carboxylic acids is 1. The molecule has 2 N–H and O–H groups in total. The first-order valence-electron chi connectivity index (χ1n) is 6.70. The molecule has 0 aromatic rings. The average molecular weight is 275 g/mol. The highest BCUT2D eigenvalue weighted by atomic mass is 16.6. The molecule has 0 fully saturated rings. The molecule has 0 aromatic carbocycles. The van der Waals surface area contributed by atoms with Crippen molar-refractivity contribution in [3.05, 3.63) is 0 Å². The van der Waals surface area contributed by atoms with Crippen molar-refractivity contribution in [3.8, 4) is 0 Å². The summed E-state index contributed by atoms with van der Waals surface area (Å²) in [7, 11) is 3.76. The molecule has 0 unspecified atom stereocenters. The van der Waals surface area contributed by atoms with Crippen LogP contribution in [0.4, 0.5) is 4.79 Å². The van der Waals surface area contributed by atoms with Crippen LogP contribution in [-0.2, 0) is 9.47 Å². The van der Waals surface area contributed by atoms with Crippen LogP contribution >= 0.6 is 0 Å². The van der Waals surface area contributed by atoms with Crippen LogP contribution in [-0.4, -0.2) is 70.1 Å². The topological polar surface area (TPSA) is 62.8 Å². The molecule has 1 amide bonds. The standard InChI is InChI=1S/C13H29N3O3/c1-13(2,3)19-12(17)15-7-6-14-8-9-16(4)10-11-18-5/h14H,6-11H2,1-5H3,(H,15,17). The first-order valence-corrected chi connectivity index (χ1v) is 6.70. The lowest BCUT2D eigenvalue weighted by Crippen LogP contribution is -2.38. The molecule has 0 spiro atoms. The van der Waals surface area contributed by atoms with E-state index in [1.54, 1.807) is 7.11 Å². The van der Waals surface area contributed by atoms with Gasteiger partial charge < -0.3 is 25.0 Å². The van der Waals surface area contributed by atoms with Gasteiger partial charge in [-0.25, -0.2) is 4.79 Å². The fourth-order valence-electron chi connectivity index (χ4n) is 1.32. The van der Waals surface area contributed by atoms with Crippen molar-refractivity contribution in [2.75, 3.05) is 53.5 Å². The van der Waals surface area contributed by atoms with E-state index in [1.165, 1.54) is 0 Å². The Balaban J connectivity index is 3.38. The Morgan fingerprint density at radius 2 is 1.84 bits per heavy atom. The Labute approximate surface area is 116 Å². The molecule has 0 atom stereocenters. The average Bonchev–Trinajstić information content (AvgIpc) is 2.28. The third kappa shape index (κ3) is 13.4. The van der Waals surface area contributed by atoms with E-state index in [1.807, 2.05) is 20.8 Å². The summed E-state index contributed by atoms with van der Waals surface area (Å²) in [6.07, 6.45) is -0.369. The number of rotatable bonds is 9. The van der Waals surface area contributed by atoms with Crippen molar-refractivity contribution in [2.45, 2.75) is 26.4 Å². The van der Waals surface area contributed by atoms with E-state index in [0.29, 0.717) is 6.54 Å². The number of ether oxygens (including phenoxy) is 2. The zero-order chi connectivity index (χ0) is 14.7. The second-order valence-electron chi connectivity index (χ2n) is 5.47. The van der Waals surface area contributed by atoms with Crippen molar-refractivity contribution in [2.24, 2.45) is 0 Å². The van der Waals surface area contributed by atoms with E-state index in [0.717, 1.165) is 32.8 Å². The van der Waals surface area contributed by atoms with Crippen molar-refractivity contribution >= 4 is 6.09 Å². The minimum absolute atomic E-state index is 0.369. The van der Waals surface area contributed by atoms with Gasteiger partial charge in [0, 0.05) is 39.8 Å². The summed E-state index contributed by atoms with van der Waals surface area (Å²) in [5, 5.41) is 5.96. The number of alkyl carbamates (subject to hydrolysis) is 1. The summed E-state index contributed by atoms with van der Waals surface area (Å²) in [5.41, 5.74) is -0.443. The van der Waals surface area contributed by atoms with E-state index in [2.05, 4.69) is 22.6 Å². The molecule has 0 aliphatic carbocycles. The summed E-state index contributed by atoms with van der Waals surface area (Å²) < 4.78 is 10.1. The zero-order valence-corrected chi connectivity index (χ0v) is 12.9. The van der Waals surface area contributed by atoms with Gasteiger partial charge in [0.05, 0.1) is 6.61 Å². The lowest BCUT2D eigenvalue weighted by Gasteiger charge is -2.20. The first kappa shape index (κ1) is 18.1. The van der Waals surface area contributed by atoms with Gasteiger partial charge in [0.15, 0.2) is 0 Å². The first-order chi connectivity index (χ1) is 8.85. The molecule has 19 heavy (non-hydrogen) atoms. The summed E-state index contributed by atoms with van der Waals surface area (Å²) in [5.74, 6) is 0. The van der Waals surface area contributed by atoms with Gasteiger partial charge in [-0.3, -0.25) is 0 Å². The molecule has 0 saturated heterocycles. The lowest BCUT2D eigenvalue weighted by molar-refractivity contribution is 0.0528. The van der Waals surface area contributed by atoms with E-state index in [9.17, 15) is 4.79 Å². The van der Waals surface area contributed by atoms with E-state index in [4.69, 9.17) is 9.47 Å². The van der Waals surface area contributed by atoms with Crippen molar-refractivity contribution in [1.29, 1.82) is 0 Å². The Hall–Kier alpha value is -0.850. The third-order valence-corrected chi connectivity index (χ3v) is 2.32. The van der Waals surface area contributed by atoms with Gasteiger partial charge in [0.25, 0.3) is 0 Å². The minimum Gasteiger partial charge on any atom is -0.444 e. The third-order valence-electron chi connectivity index (χ3n) is 2.32. The largest absolute Gasteiger partial charge is 0.444 e. The fourth-order valence-corrected chi connectivity index (χ4v) is 1.32. The predicted octanol–water partition coefficient (Wildman–Crippen LogP) is 0.679. The number of amides is 1. The Morgan fingerprint density at radius 1 is 1.16 bits per heavy atom. The second-order valence-corrected chi connectivity index (χ2v) is 5.47. The van der Waals surface area contributed by atoms with Gasteiger partial charge in [-0.15, -0.1) is 0 Å². The Kier molecular flexibility index (Phi) is 9.55. The number of methoxy groups -OCH3 is 1. The van der Waals surface area contributed by atoms with E-state index in [-0.39, 0.29) is 6.09 Å². The Bertz CT molecular complexity index is 242. The summed E-state index contributed by atoms with van der Waals surface area (Å²) in [6, 6.07) is 0. The molecular weight excluding hydrogens is 246 g/mol. The minimum atomic E-state index is -0.443. The fraction of sp³-hybridized carbons (Fsp3) is 0.923. The second kappa shape index (κ2) is 10.00. The zero-order valence-electron chi connectivity index (χ0n) is 12.9. The van der Waals surface area contributed by atoms with Crippen LogP contribution in [0.25, 0.3) is 0 Å². The molecule has 6 heteroatoms. The maximum Gasteiger partial charge on any atom is 0.407 e. The molecule has 6 nitrogen and oxygen atoms in total. The molecule has 0 saturated carbocycles. The van der Waals surface area contributed by atoms with Crippen LogP contribution in [0, 0.1) is 0 Å². The lowest BCUT2D eigenvalue weighted by atomic mass is 10.2. The van der Waals surface area contributed by atoms with Gasteiger partial charge in [-0.2, -0.15) is 0 Å². The van der Waals surface area contributed by atoms with E-state index < -0.39 is 5.60 Å². The molecule has 0 aromatic heterocycles. The molecule has 0 heterocycles. The number of hydrogen-bond acceptors (Lipinski definition) is 5. The van der Waals surface area contributed by atoms with Crippen LogP contribution < -0.4 is 10.6 Å². The van der Waals surface area contributed by atoms with Crippen molar-refractivity contribution in [3.63, 3.8) is 0 Å². The van der Waals surface area contributed by atoms with Crippen LogP contribution in [0.1, 0.15) is 20.8 Å². The quantitative estimate of drug-likeness (QED) is 0.606.